The van der Waals surface area contributed by atoms with Crippen molar-refractivity contribution in [1.29, 1.82) is 0 Å². The smallest absolute Gasteiger partial charge is 0.392 e. The summed E-state index contributed by atoms with van der Waals surface area (Å²) < 4.78 is 40.4. The highest BCUT2D eigenvalue weighted by molar-refractivity contribution is 5.78. The zero-order chi connectivity index (χ0) is 24.4. The maximum Gasteiger partial charge on any atom is 0.416 e. The van der Waals surface area contributed by atoms with E-state index in [9.17, 15) is 18.3 Å². The van der Waals surface area contributed by atoms with Crippen molar-refractivity contribution in [2.45, 2.75) is 57.2 Å². The minimum Gasteiger partial charge on any atom is -0.392 e. The Hall–Kier alpha value is -3.13. The highest BCUT2D eigenvalue weighted by Gasteiger charge is 2.31. The van der Waals surface area contributed by atoms with E-state index in [0.717, 1.165) is 35.7 Å². The number of anilines is 3. The predicted molar refractivity (Wildman–Crippen MR) is 131 cm³/mol. The standard InChI is InChI=1S/C27H29F3N4O/c28-27(29,30)19-9-10-21(24(12-19)31-15-17-5-2-1-3-6-17)25-14-26(33-16-32-25)34-23-8-4-7-18-11-20(35)13-22(18)23/h4,7-10,12,14,16-17,20,31,35H,1-3,5-6,11,13,15H2,(H,32,33,34). The molecule has 0 aliphatic heterocycles. The second kappa shape index (κ2) is 9.85. The molecule has 0 saturated heterocycles. The van der Waals surface area contributed by atoms with Crippen LogP contribution in [0.1, 0.15) is 48.8 Å². The fourth-order valence-electron chi connectivity index (χ4n) is 5.19. The van der Waals surface area contributed by atoms with Crippen molar-refractivity contribution in [3.05, 3.63) is 65.5 Å². The molecule has 0 radical (unpaired) electrons. The zero-order valence-electron chi connectivity index (χ0n) is 19.4. The van der Waals surface area contributed by atoms with Crippen LogP contribution in [-0.4, -0.2) is 27.7 Å². The number of nitrogens with one attached hydrogen (secondary N) is 2. The third-order valence-corrected chi connectivity index (χ3v) is 7.03. The van der Waals surface area contributed by atoms with E-state index in [2.05, 4.69) is 20.6 Å². The molecule has 0 amide bonds. The molecule has 2 aliphatic carbocycles. The molecule has 3 aromatic rings. The summed E-state index contributed by atoms with van der Waals surface area (Å²) >= 11 is 0. The molecule has 1 heterocycles. The van der Waals surface area contributed by atoms with Crippen molar-refractivity contribution in [3.8, 4) is 11.3 Å². The molecule has 184 valence electrons. The van der Waals surface area contributed by atoms with Gasteiger partial charge in [-0.3, -0.25) is 0 Å². The lowest BCUT2D eigenvalue weighted by molar-refractivity contribution is -0.137. The number of rotatable bonds is 6. The first-order chi connectivity index (χ1) is 16.9. The van der Waals surface area contributed by atoms with Gasteiger partial charge in [-0.15, -0.1) is 0 Å². The number of aliphatic hydroxyl groups excluding tert-OH is 1. The van der Waals surface area contributed by atoms with Crippen LogP contribution in [0.5, 0.6) is 0 Å². The summed E-state index contributed by atoms with van der Waals surface area (Å²) in [4.78, 5) is 8.70. The van der Waals surface area contributed by atoms with Crippen LogP contribution in [0.25, 0.3) is 11.3 Å². The van der Waals surface area contributed by atoms with Crippen LogP contribution in [0.4, 0.5) is 30.4 Å². The van der Waals surface area contributed by atoms with Gasteiger partial charge in [0.15, 0.2) is 0 Å². The second-order valence-corrected chi connectivity index (χ2v) is 9.56. The fourth-order valence-corrected chi connectivity index (χ4v) is 5.19. The van der Waals surface area contributed by atoms with Crippen LogP contribution < -0.4 is 10.6 Å². The first-order valence-electron chi connectivity index (χ1n) is 12.2. The molecule has 1 saturated carbocycles. The number of aromatic nitrogens is 2. The van der Waals surface area contributed by atoms with Gasteiger partial charge >= 0.3 is 6.18 Å². The van der Waals surface area contributed by atoms with Gasteiger partial charge in [-0.1, -0.05) is 37.5 Å². The number of hydrogen-bond donors (Lipinski definition) is 3. The first-order valence-corrected chi connectivity index (χ1v) is 12.2. The topological polar surface area (TPSA) is 70.1 Å². The van der Waals surface area contributed by atoms with Crippen LogP contribution in [-0.2, 0) is 19.0 Å². The Balaban J connectivity index is 1.43. The number of alkyl halides is 3. The lowest BCUT2D eigenvalue weighted by Gasteiger charge is -2.23. The third-order valence-electron chi connectivity index (χ3n) is 7.03. The summed E-state index contributed by atoms with van der Waals surface area (Å²) in [7, 11) is 0. The Morgan fingerprint density at radius 2 is 1.77 bits per heavy atom. The maximum absolute atomic E-state index is 13.5. The van der Waals surface area contributed by atoms with Crippen LogP contribution >= 0.6 is 0 Å². The summed E-state index contributed by atoms with van der Waals surface area (Å²) in [6.45, 7) is 0.642. The highest BCUT2D eigenvalue weighted by Crippen LogP contribution is 2.37. The molecule has 5 nitrogen and oxygen atoms in total. The molecule has 1 fully saturated rings. The average Bonchev–Trinajstić information content (AvgIpc) is 3.24. The number of fused-ring (bicyclic) bond motifs is 1. The lowest BCUT2D eigenvalue weighted by atomic mass is 9.89. The van der Waals surface area contributed by atoms with E-state index in [4.69, 9.17) is 0 Å². The number of halogens is 3. The van der Waals surface area contributed by atoms with Gasteiger partial charge in [-0.05, 0) is 54.5 Å². The third kappa shape index (κ3) is 5.42. The Morgan fingerprint density at radius 1 is 0.943 bits per heavy atom. The first kappa shape index (κ1) is 23.6. The van der Waals surface area contributed by atoms with Crippen LogP contribution in [0.3, 0.4) is 0 Å². The second-order valence-electron chi connectivity index (χ2n) is 9.56. The molecule has 2 aliphatic rings. The van der Waals surface area contributed by atoms with Gasteiger partial charge in [-0.2, -0.15) is 13.2 Å². The van der Waals surface area contributed by atoms with E-state index in [1.807, 2.05) is 18.2 Å². The Kier molecular flexibility index (Phi) is 6.65. The van der Waals surface area contributed by atoms with E-state index >= 15 is 0 Å². The van der Waals surface area contributed by atoms with E-state index in [0.29, 0.717) is 48.1 Å². The summed E-state index contributed by atoms with van der Waals surface area (Å²) in [5.74, 6) is 1.01. The van der Waals surface area contributed by atoms with E-state index in [-0.39, 0.29) is 6.10 Å². The summed E-state index contributed by atoms with van der Waals surface area (Å²) in [6.07, 6.45) is 3.56. The maximum atomic E-state index is 13.5. The number of benzene rings is 2. The monoisotopic (exact) mass is 482 g/mol. The molecule has 8 heteroatoms. The van der Waals surface area contributed by atoms with Crippen molar-refractivity contribution in [3.63, 3.8) is 0 Å². The quantitative estimate of drug-likeness (QED) is 0.382. The minimum absolute atomic E-state index is 0.390. The summed E-state index contributed by atoms with van der Waals surface area (Å²) in [6, 6.07) is 11.4. The molecule has 3 N–H and O–H groups in total. The average molecular weight is 483 g/mol. The van der Waals surface area contributed by atoms with Gasteiger partial charge in [0.2, 0.25) is 0 Å². The zero-order valence-corrected chi connectivity index (χ0v) is 19.4. The van der Waals surface area contributed by atoms with E-state index in [1.54, 1.807) is 6.07 Å². The molecular weight excluding hydrogens is 453 g/mol. The minimum atomic E-state index is -4.42. The number of hydrogen-bond acceptors (Lipinski definition) is 5. The summed E-state index contributed by atoms with van der Waals surface area (Å²) in [5.41, 5.74) is 3.92. The predicted octanol–water partition coefficient (Wildman–Crippen LogP) is 6.36. The van der Waals surface area contributed by atoms with Gasteiger partial charge in [0.1, 0.15) is 12.1 Å². The molecule has 0 spiro atoms. The Labute approximate surface area is 202 Å². The molecule has 0 bridgehead atoms. The molecule has 2 aromatic carbocycles. The Bertz CT molecular complexity index is 1190. The lowest BCUT2D eigenvalue weighted by Crippen LogP contribution is -2.18. The highest BCUT2D eigenvalue weighted by atomic mass is 19.4. The van der Waals surface area contributed by atoms with Crippen LogP contribution in [0.15, 0.2) is 48.8 Å². The van der Waals surface area contributed by atoms with Gasteiger partial charge < -0.3 is 15.7 Å². The molecule has 1 aromatic heterocycles. The molecule has 35 heavy (non-hydrogen) atoms. The largest absolute Gasteiger partial charge is 0.416 e. The van der Waals surface area contributed by atoms with Crippen molar-refractivity contribution < 1.29 is 18.3 Å². The van der Waals surface area contributed by atoms with Crippen molar-refractivity contribution in [2.24, 2.45) is 5.92 Å². The molecule has 1 atom stereocenters. The molecule has 1 unspecified atom stereocenters. The normalized spacial score (nSPS) is 18.3. The van der Waals surface area contributed by atoms with E-state index < -0.39 is 11.7 Å². The fraction of sp³-hybridized carbons (Fsp3) is 0.407. The number of nitrogens with zero attached hydrogens (tertiary/aromatic N) is 2. The van der Waals surface area contributed by atoms with Gasteiger partial charge in [0.25, 0.3) is 0 Å². The number of aliphatic hydroxyl groups is 1. The molecule has 5 rings (SSSR count). The summed E-state index contributed by atoms with van der Waals surface area (Å²) in [5, 5.41) is 16.7. The van der Waals surface area contributed by atoms with Crippen molar-refractivity contribution >= 4 is 17.2 Å². The Morgan fingerprint density at radius 3 is 2.57 bits per heavy atom. The van der Waals surface area contributed by atoms with Gasteiger partial charge in [-0.25, -0.2) is 9.97 Å². The van der Waals surface area contributed by atoms with Crippen LogP contribution in [0.2, 0.25) is 0 Å². The van der Waals surface area contributed by atoms with Gasteiger partial charge in [0.05, 0.1) is 17.4 Å². The van der Waals surface area contributed by atoms with Crippen molar-refractivity contribution in [2.75, 3.05) is 17.2 Å². The van der Waals surface area contributed by atoms with Crippen molar-refractivity contribution in [1.82, 2.24) is 9.97 Å². The molecular formula is C27H29F3N4O. The van der Waals surface area contributed by atoms with Gasteiger partial charge in [0, 0.05) is 36.0 Å². The SMILES string of the molecule is OC1Cc2cccc(Nc3cc(-c4ccc(C(F)(F)F)cc4NCC4CCCCC4)ncn3)c2C1. The van der Waals surface area contributed by atoms with E-state index in [1.165, 1.54) is 37.7 Å². The van der Waals surface area contributed by atoms with Crippen LogP contribution in [0, 0.1) is 5.92 Å².